The summed E-state index contributed by atoms with van der Waals surface area (Å²) in [6.45, 7) is 3.74. The number of nitrogens with two attached hydrogens (primary N) is 1. The van der Waals surface area contributed by atoms with Gasteiger partial charge >= 0.3 is 0 Å². The Bertz CT molecular complexity index is 854. The van der Waals surface area contributed by atoms with E-state index in [1.54, 1.807) is 6.92 Å². The summed E-state index contributed by atoms with van der Waals surface area (Å²) in [4.78, 5) is 12.3. The van der Waals surface area contributed by atoms with Crippen molar-refractivity contribution in [1.29, 1.82) is 0 Å². The first-order valence-electron chi connectivity index (χ1n) is 7.62. The zero-order valence-electron chi connectivity index (χ0n) is 13.9. The Hall–Kier alpha value is -1.74. The molecule has 2 rings (SSSR count). The lowest BCUT2D eigenvalue weighted by Gasteiger charge is -2.21. The van der Waals surface area contributed by atoms with Gasteiger partial charge in [-0.1, -0.05) is 34.1 Å². The van der Waals surface area contributed by atoms with Gasteiger partial charge in [0.05, 0.1) is 10.9 Å². The Labute approximate surface area is 156 Å². The molecule has 2 aromatic carbocycles. The molecule has 0 saturated heterocycles. The number of sulfonamides is 1. The fraction of sp³-hybridized carbons (Fsp3) is 0.235. The first-order chi connectivity index (χ1) is 11.7. The molecule has 134 valence electrons. The Balaban J connectivity index is 1.99. The van der Waals surface area contributed by atoms with Gasteiger partial charge in [0.1, 0.15) is 0 Å². The first kappa shape index (κ1) is 19.6. The lowest BCUT2D eigenvalue weighted by Crippen LogP contribution is -2.39. The molecular weight excluding hydrogens is 406 g/mol. The second-order valence-corrected chi connectivity index (χ2v) is 8.11. The third kappa shape index (κ3) is 5.37. The molecule has 0 aliphatic heterocycles. The molecule has 2 aromatic rings. The van der Waals surface area contributed by atoms with Crippen LogP contribution in [-0.4, -0.2) is 20.4 Å². The maximum atomic E-state index is 12.3. The molecule has 25 heavy (non-hydrogen) atoms. The van der Waals surface area contributed by atoms with Crippen LogP contribution in [0.15, 0.2) is 57.9 Å². The highest BCUT2D eigenvalue weighted by Crippen LogP contribution is 2.23. The third-order valence-corrected chi connectivity index (χ3v) is 5.37. The summed E-state index contributed by atoms with van der Waals surface area (Å²) in [7, 11) is -3.74. The van der Waals surface area contributed by atoms with Crippen molar-refractivity contribution in [3.63, 3.8) is 0 Å². The molecule has 8 heteroatoms. The van der Waals surface area contributed by atoms with E-state index >= 15 is 0 Å². The van der Waals surface area contributed by atoms with Gasteiger partial charge in [0.2, 0.25) is 15.9 Å². The molecule has 0 bridgehead atoms. The lowest BCUT2D eigenvalue weighted by molar-refractivity contribution is -0.117. The van der Waals surface area contributed by atoms with Gasteiger partial charge < -0.3 is 5.32 Å². The van der Waals surface area contributed by atoms with Crippen LogP contribution in [0.1, 0.15) is 25.5 Å². The smallest absolute Gasteiger partial charge is 0.241 e. The molecule has 0 heterocycles. The second kappa shape index (κ2) is 8.09. The standard InChI is InChI=1S/C17H20BrN3O3S/c1-11(15-5-3-4-6-16(15)18)20-12(2)17(22)21-13-7-9-14(10-8-13)25(19,23)24/h3-12,20H,1-2H3,(H,21,22)(H2,19,23,24)/t11-,12-/m0/s1. The molecule has 0 spiro atoms. The van der Waals surface area contributed by atoms with Crippen molar-refractivity contribution in [3.05, 3.63) is 58.6 Å². The van der Waals surface area contributed by atoms with Gasteiger partial charge in [0.25, 0.3) is 0 Å². The monoisotopic (exact) mass is 425 g/mol. The van der Waals surface area contributed by atoms with E-state index in [9.17, 15) is 13.2 Å². The molecule has 6 nitrogen and oxygen atoms in total. The largest absolute Gasteiger partial charge is 0.325 e. The van der Waals surface area contributed by atoms with E-state index in [4.69, 9.17) is 5.14 Å². The van der Waals surface area contributed by atoms with Gasteiger partial charge in [0, 0.05) is 16.2 Å². The predicted molar refractivity (Wildman–Crippen MR) is 102 cm³/mol. The third-order valence-electron chi connectivity index (χ3n) is 3.72. The van der Waals surface area contributed by atoms with Crippen molar-refractivity contribution in [2.24, 2.45) is 5.14 Å². The highest BCUT2D eigenvalue weighted by atomic mass is 79.9. The number of carbonyl (C=O) groups is 1. The fourth-order valence-corrected chi connectivity index (χ4v) is 3.49. The Kier molecular flexibility index (Phi) is 6.34. The molecule has 4 N–H and O–H groups in total. The van der Waals surface area contributed by atoms with Crippen LogP contribution in [0.2, 0.25) is 0 Å². The minimum absolute atomic E-state index is 0.000720. The van der Waals surface area contributed by atoms with Crippen molar-refractivity contribution in [2.75, 3.05) is 5.32 Å². The van der Waals surface area contributed by atoms with Crippen LogP contribution in [-0.2, 0) is 14.8 Å². The maximum Gasteiger partial charge on any atom is 0.241 e. The zero-order chi connectivity index (χ0) is 18.6. The highest BCUT2D eigenvalue weighted by Gasteiger charge is 2.18. The van der Waals surface area contributed by atoms with E-state index in [1.807, 2.05) is 31.2 Å². The number of nitrogens with one attached hydrogen (secondary N) is 2. The van der Waals surface area contributed by atoms with E-state index in [1.165, 1.54) is 24.3 Å². The van der Waals surface area contributed by atoms with Crippen molar-refractivity contribution in [3.8, 4) is 0 Å². The number of hydrogen-bond acceptors (Lipinski definition) is 4. The van der Waals surface area contributed by atoms with Gasteiger partial charge in [-0.2, -0.15) is 0 Å². The Morgan fingerprint density at radius 2 is 1.68 bits per heavy atom. The van der Waals surface area contributed by atoms with E-state index in [-0.39, 0.29) is 16.8 Å². The Morgan fingerprint density at radius 3 is 2.24 bits per heavy atom. The maximum absolute atomic E-state index is 12.3. The summed E-state index contributed by atoms with van der Waals surface area (Å²) < 4.78 is 23.4. The predicted octanol–water partition coefficient (Wildman–Crippen LogP) is 2.77. The van der Waals surface area contributed by atoms with Gasteiger partial charge in [-0.25, -0.2) is 13.6 Å². The summed E-state index contributed by atoms with van der Waals surface area (Å²) in [5.74, 6) is -0.220. The van der Waals surface area contributed by atoms with Crippen LogP contribution in [0.4, 0.5) is 5.69 Å². The summed E-state index contributed by atoms with van der Waals surface area (Å²) in [5, 5.41) is 11.0. The molecule has 0 saturated carbocycles. The quantitative estimate of drug-likeness (QED) is 0.661. The molecule has 1 amide bonds. The van der Waals surface area contributed by atoms with Crippen molar-refractivity contribution in [2.45, 2.75) is 30.8 Å². The Morgan fingerprint density at radius 1 is 1.08 bits per heavy atom. The molecule has 0 aromatic heterocycles. The number of anilines is 1. The van der Waals surface area contributed by atoms with Gasteiger partial charge in [0.15, 0.2) is 0 Å². The molecule has 0 aliphatic rings. The molecule has 0 unspecified atom stereocenters. The lowest BCUT2D eigenvalue weighted by atomic mass is 10.1. The molecule has 0 radical (unpaired) electrons. The van der Waals surface area contributed by atoms with Gasteiger partial charge in [-0.15, -0.1) is 0 Å². The van der Waals surface area contributed by atoms with Gasteiger partial charge in [-0.05, 0) is 49.7 Å². The summed E-state index contributed by atoms with van der Waals surface area (Å²) >= 11 is 3.50. The number of halogens is 1. The zero-order valence-corrected chi connectivity index (χ0v) is 16.3. The summed E-state index contributed by atoms with van der Waals surface area (Å²) in [5.41, 5.74) is 1.55. The number of amides is 1. The minimum Gasteiger partial charge on any atom is -0.325 e. The van der Waals surface area contributed by atoms with Crippen LogP contribution in [0.3, 0.4) is 0 Å². The van der Waals surface area contributed by atoms with E-state index in [2.05, 4.69) is 26.6 Å². The number of benzene rings is 2. The van der Waals surface area contributed by atoms with E-state index in [0.717, 1.165) is 10.0 Å². The SMILES string of the molecule is C[C@H](N[C@@H](C)c1ccccc1Br)C(=O)Nc1ccc(S(N)(=O)=O)cc1. The van der Waals surface area contributed by atoms with E-state index in [0.29, 0.717) is 5.69 Å². The topological polar surface area (TPSA) is 101 Å². The normalized spacial score (nSPS) is 13.9. The number of carbonyl (C=O) groups excluding carboxylic acids is 1. The number of primary sulfonamides is 1. The van der Waals surface area contributed by atoms with E-state index < -0.39 is 16.1 Å². The number of rotatable bonds is 6. The summed E-state index contributed by atoms with van der Waals surface area (Å²) in [6, 6.07) is 13.0. The number of hydrogen-bond donors (Lipinski definition) is 3. The van der Waals surface area contributed by atoms with Gasteiger partial charge in [-0.3, -0.25) is 10.1 Å². The van der Waals surface area contributed by atoms with Crippen molar-refractivity contribution in [1.82, 2.24) is 5.32 Å². The summed E-state index contributed by atoms with van der Waals surface area (Å²) in [6.07, 6.45) is 0. The minimum atomic E-state index is -3.74. The van der Waals surface area contributed by atoms with Crippen LogP contribution >= 0.6 is 15.9 Å². The molecular formula is C17H20BrN3O3S. The molecule has 2 atom stereocenters. The van der Waals surface area contributed by atoms with Crippen molar-refractivity contribution < 1.29 is 13.2 Å². The first-order valence-corrected chi connectivity index (χ1v) is 9.96. The van der Waals surface area contributed by atoms with Crippen LogP contribution < -0.4 is 15.8 Å². The average Bonchev–Trinajstić information content (AvgIpc) is 2.54. The van der Waals surface area contributed by atoms with Crippen LogP contribution in [0, 0.1) is 0 Å². The molecule has 0 aliphatic carbocycles. The molecule has 0 fully saturated rings. The second-order valence-electron chi connectivity index (χ2n) is 5.69. The average molecular weight is 426 g/mol. The van der Waals surface area contributed by atoms with Crippen molar-refractivity contribution >= 4 is 37.5 Å². The highest BCUT2D eigenvalue weighted by molar-refractivity contribution is 9.10. The van der Waals surface area contributed by atoms with Crippen LogP contribution in [0.5, 0.6) is 0 Å². The van der Waals surface area contributed by atoms with Crippen LogP contribution in [0.25, 0.3) is 0 Å². The fourth-order valence-electron chi connectivity index (χ4n) is 2.35.